The summed E-state index contributed by atoms with van der Waals surface area (Å²) in [5.74, 6) is -2.21. The number of amides is 1. The Morgan fingerprint density at radius 1 is 1.33 bits per heavy atom. The third-order valence-corrected chi connectivity index (χ3v) is 4.06. The minimum absolute atomic E-state index is 0.118. The highest BCUT2D eigenvalue weighted by Crippen LogP contribution is 2.33. The van der Waals surface area contributed by atoms with Gasteiger partial charge in [0.05, 0.1) is 10.8 Å². The summed E-state index contributed by atoms with van der Waals surface area (Å²) in [5, 5.41) is 22.4. The number of carbonyl (C=O) groups excluding carboxylic acids is 1. The summed E-state index contributed by atoms with van der Waals surface area (Å²) >= 11 is 3.14. The van der Waals surface area contributed by atoms with E-state index in [1.807, 2.05) is 0 Å². The maximum absolute atomic E-state index is 12.1. The molecule has 1 aromatic rings. The summed E-state index contributed by atoms with van der Waals surface area (Å²) in [7, 11) is 0. The smallest absolute Gasteiger partial charge is 0.306 e. The van der Waals surface area contributed by atoms with Crippen LogP contribution in [0.5, 0.6) is 0 Å². The molecule has 0 aromatic heterocycles. The molecule has 1 aliphatic rings. The fourth-order valence-electron chi connectivity index (χ4n) is 2.44. The lowest BCUT2D eigenvalue weighted by atomic mass is 10.0. The Hall–Kier alpha value is -1.96. The number of nitro benzene ring substituents is 1. The van der Waals surface area contributed by atoms with Crippen LogP contribution < -0.4 is 5.32 Å². The highest BCUT2D eigenvalue weighted by molar-refractivity contribution is 9.10. The molecular weight excluding hydrogens is 344 g/mol. The van der Waals surface area contributed by atoms with E-state index in [4.69, 9.17) is 5.11 Å². The van der Waals surface area contributed by atoms with Gasteiger partial charge >= 0.3 is 5.97 Å². The van der Waals surface area contributed by atoms with Crippen molar-refractivity contribution in [2.24, 2.45) is 11.8 Å². The van der Waals surface area contributed by atoms with Crippen molar-refractivity contribution in [3.05, 3.63) is 32.8 Å². The third kappa shape index (κ3) is 3.57. The van der Waals surface area contributed by atoms with Crippen molar-refractivity contribution in [3.8, 4) is 0 Å². The summed E-state index contributed by atoms with van der Waals surface area (Å²) in [6.45, 7) is 0. The van der Waals surface area contributed by atoms with Gasteiger partial charge in [0.2, 0.25) is 5.91 Å². The van der Waals surface area contributed by atoms with Crippen LogP contribution in [0.1, 0.15) is 19.3 Å². The highest BCUT2D eigenvalue weighted by Gasteiger charge is 2.34. The minimum atomic E-state index is -0.903. The van der Waals surface area contributed by atoms with Crippen molar-refractivity contribution in [2.75, 3.05) is 5.32 Å². The van der Waals surface area contributed by atoms with Gasteiger partial charge in [-0.2, -0.15) is 0 Å². The Balaban J connectivity index is 2.10. The number of carboxylic acids is 1. The topological polar surface area (TPSA) is 110 Å². The molecule has 0 aliphatic heterocycles. The Labute approximate surface area is 128 Å². The second-order valence-electron chi connectivity index (χ2n) is 4.95. The molecule has 2 N–H and O–H groups in total. The molecule has 21 heavy (non-hydrogen) atoms. The molecule has 1 aromatic carbocycles. The summed E-state index contributed by atoms with van der Waals surface area (Å²) in [6.07, 6.45) is 1.20. The number of anilines is 1. The first-order valence-electron chi connectivity index (χ1n) is 6.36. The van der Waals surface area contributed by atoms with Gasteiger partial charge in [0.25, 0.3) is 5.69 Å². The number of halogens is 1. The van der Waals surface area contributed by atoms with E-state index in [1.165, 1.54) is 12.1 Å². The zero-order valence-electron chi connectivity index (χ0n) is 10.9. The SMILES string of the molecule is O=C(O)C1CCC(C(=O)Nc2ccc(Br)cc2[N+](=O)[O-])C1. The Bertz CT molecular complexity index is 604. The number of carboxylic acid groups (broad SMARTS) is 1. The summed E-state index contributed by atoms with van der Waals surface area (Å²) in [6, 6.07) is 4.35. The van der Waals surface area contributed by atoms with Crippen molar-refractivity contribution in [2.45, 2.75) is 19.3 Å². The molecule has 0 bridgehead atoms. The maximum Gasteiger partial charge on any atom is 0.306 e. The quantitative estimate of drug-likeness (QED) is 0.636. The minimum Gasteiger partial charge on any atom is -0.481 e. The molecule has 0 heterocycles. The summed E-state index contributed by atoms with van der Waals surface area (Å²) in [5.41, 5.74) is -0.0857. The van der Waals surface area contributed by atoms with Crippen molar-refractivity contribution >= 4 is 39.2 Å². The van der Waals surface area contributed by atoms with Crippen LogP contribution in [0.3, 0.4) is 0 Å². The fraction of sp³-hybridized carbons (Fsp3) is 0.385. The van der Waals surface area contributed by atoms with Gasteiger partial charge in [0, 0.05) is 16.5 Å². The molecule has 2 unspecified atom stereocenters. The number of hydrogen-bond acceptors (Lipinski definition) is 4. The van der Waals surface area contributed by atoms with Crippen LogP contribution in [-0.2, 0) is 9.59 Å². The number of rotatable bonds is 4. The molecule has 8 heteroatoms. The largest absolute Gasteiger partial charge is 0.481 e. The molecule has 1 fully saturated rings. The standard InChI is InChI=1S/C13H13BrN2O5/c14-9-3-4-10(11(6-9)16(20)21)15-12(17)7-1-2-8(5-7)13(18)19/h3-4,6-8H,1-2,5H2,(H,15,17)(H,18,19). The lowest BCUT2D eigenvalue weighted by Crippen LogP contribution is -2.22. The monoisotopic (exact) mass is 356 g/mol. The van der Waals surface area contributed by atoms with Gasteiger partial charge in [0.15, 0.2) is 0 Å². The molecule has 0 spiro atoms. The molecule has 2 atom stereocenters. The second-order valence-corrected chi connectivity index (χ2v) is 5.87. The van der Waals surface area contributed by atoms with Crippen LogP contribution in [0.2, 0.25) is 0 Å². The van der Waals surface area contributed by atoms with E-state index in [0.29, 0.717) is 17.3 Å². The van der Waals surface area contributed by atoms with Crippen LogP contribution in [0.4, 0.5) is 11.4 Å². The van der Waals surface area contributed by atoms with E-state index < -0.39 is 22.7 Å². The molecule has 1 aliphatic carbocycles. The van der Waals surface area contributed by atoms with Gasteiger partial charge < -0.3 is 10.4 Å². The van der Waals surface area contributed by atoms with Crippen molar-refractivity contribution in [3.63, 3.8) is 0 Å². The highest BCUT2D eigenvalue weighted by atomic mass is 79.9. The van der Waals surface area contributed by atoms with E-state index in [1.54, 1.807) is 6.07 Å². The number of nitro groups is 1. The van der Waals surface area contributed by atoms with E-state index in [9.17, 15) is 19.7 Å². The lowest BCUT2D eigenvalue weighted by molar-refractivity contribution is -0.384. The maximum atomic E-state index is 12.1. The van der Waals surface area contributed by atoms with Crippen molar-refractivity contribution < 1.29 is 19.6 Å². The zero-order chi connectivity index (χ0) is 15.6. The second kappa shape index (κ2) is 6.21. The number of hydrogen-bond donors (Lipinski definition) is 2. The van der Waals surface area contributed by atoms with Crippen molar-refractivity contribution in [1.82, 2.24) is 0 Å². The first-order chi connectivity index (χ1) is 9.88. The first kappa shape index (κ1) is 15.4. The first-order valence-corrected chi connectivity index (χ1v) is 7.15. The number of nitrogens with zero attached hydrogens (tertiary/aromatic N) is 1. The molecule has 0 saturated heterocycles. The predicted octanol–water partition coefficient (Wildman–Crippen LogP) is 2.80. The molecule has 0 radical (unpaired) electrons. The Morgan fingerprint density at radius 2 is 2.00 bits per heavy atom. The number of aliphatic carboxylic acids is 1. The molecule has 112 valence electrons. The summed E-state index contributed by atoms with van der Waals surface area (Å²) < 4.78 is 0.541. The van der Waals surface area contributed by atoms with Gasteiger partial charge in [-0.1, -0.05) is 15.9 Å². The van der Waals surface area contributed by atoms with Crippen LogP contribution in [0.25, 0.3) is 0 Å². The fourth-order valence-corrected chi connectivity index (χ4v) is 2.79. The zero-order valence-corrected chi connectivity index (χ0v) is 12.5. The third-order valence-electron chi connectivity index (χ3n) is 3.57. The van der Waals surface area contributed by atoms with Gasteiger partial charge in [-0.15, -0.1) is 0 Å². The number of benzene rings is 1. The molecule has 2 rings (SSSR count). The van der Waals surface area contributed by atoms with Gasteiger partial charge in [-0.25, -0.2) is 0 Å². The molecule has 7 nitrogen and oxygen atoms in total. The average Bonchev–Trinajstić information content (AvgIpc) is 2.90. The Kier molecular flexibility index (Phi) is 4.56. The predicted molar refractivity (Wildman–Crippen MR) is 77.9 cm³/mol. The van der Waals surface area contributed by atoms with E-state index >= 15 is 0 Å². The van der Waals surface area contributed by atoms with Crippen LogP contribution in [0.15, 0.2) is 22.7 Å². The van der Waals surface area contributed by atoms with E-state index in [0.717, 1.165) is 0 Å². The number of carbonyl (C=O) groups is 2. The van der Waals surface area contributed by atoms with Gasteiger partial charge in [-0.05, 0) is 31.4 Å². The van der Waals surface area contributed by atoms with Crippen LogP contribution in [-0.4, -0.2) is 21.9 Å². The van der Waals surface area contributed by atoms with Crippen molar-refractivity contribution in [1.29, 1.82) is 0 Å². The molecular formula is C13H13BrN2O5. The van der Waals surface area contributed by atoms with Gasteiger partial charge in [-0.3, -0.25) is 19.7 Å². The normalized spacial score (nSPS) is 21.0. The average molecular weight is 357 g/mol. The van der Waals surface area contributed by atoms with Crippen LogP contribution in [0, 0.1) is 22.0 Å². The Morgan fingerprint density at radius 3 is 2.57 bits per heavy atom. The van der Waals surface area contributed by atoms with E-state index in [2.05, 4.69) is 21.2 Å². The summed E-state index contributed by atoms with van der Waals surface area (Å²) in [4.78, 5) is 33.4. The van der Waals surface area contributed by atoms with E-state index in [-0.39, 0.29) is 23.7 Å². The van der Waals surface area contributed by atoms with Gasteiger partial charge in [0.1, 0.15) is 5.69 Å². The lowest BCUT2D eigenvalue weighted by Gasteiger charge is -2.11. The molecule has 1 saturated carbocycles. The number of nitrogens with one attached hydrogen (secondary N) is 1. The molecule has 1 amide bonds. The van der Waals surface area contributed by atoms with Crippen LogP contribution >= 0.6 is 15.9 Å².